The van der Waals surface area contributed by atoms with Gasteiger partial charge in [0.1, 0.15) is 5.75 Å². The van der Waals surface area contributed by atoms with Crippen LogP contribution in [0.5, 0.6) is 5.75 Å². The molecule has 3 heterocycles. The van der Waals surface area contributed by atoms with E-state index in [1.165, 1.54) is 11.3 Å². The molecule has 0 radical (unpaired) electrons. The molecule has 0 aliphatic heterocycles. The van der Waals surface area contributed by atoms with Crippen molar-refractivity contribution in [3.8, 4) is 17.1 Å². The van der Waals surface area contributed by atoms with Gasteiger partial charge in [-0.05, 0) is 55.5 Å². The van der Waals surface area contributed by atoms with E-state index in [1.807, 2.05) is 61.5 Å². The third-order valence-corrected chi connectivity index (χ3v) is 5.78. The molecule has 0 fully saturated rings. The first-order valence-electron chi connectivity index (χ1n) is 10.0. The SMILES string of the molecule is CCOc1ccc(N(C(=O)c2cc(-c3cccnc3)on2)c2nc3ccccc3s2)cc1. The minimum atomic E-state index is -0.341. The number of anilines is 2. The van der Waals surface area contributed by atoms with Gasteiger partial charge in [0.05, 0.1) is 22.5 Å². The number of carbonyl (C=O) groups excluding carboxylic acids is 1. The number of para-hydroxylation sites is 1. The molecule has 8 heteroatoms. The van der Waals surface area contributed by atoms with Crippen LogP contribution in [0.4, 0.5) is 10.8 Å². The van der Waals surface area contributed by atoms with Gasteiger partial charge in [0.2, 0.25) is 0 Å². The van der Waals surface area contributed by atoms with Crippen molar-refractivity contribution in [2.75, 3.05) is 11.5 Å². The van der Waals surface area contributed by atoms with Gasteiger partial charge >= 0.3 is 0 Å². The first kappa shape index (κ1) is 19.9. The molecule has 7 nitrogen and oxygen atoms in total. The average molecular weight is 443 g/mol. The summed E-state index contributed by atoms with van der Waals surface area (Å²) in [4.78, 5) is 23.9. The maximum atomic E-state index is 13.6. The highest BCUT2D eigenvalue weighted by Crippen LogP contribution is 2.35. The summed E-state index contributed by atoms with van der Waals surface area (Å²) in [5, 5.41) is 4.57. The summed E-state index contributed by atoms with van der Waals surface area (Å²) in [6.07, 6.45) is 3.33. The Hall–Kier alpha value is -4.04. The zero-order valence-corrected chi connectivity index (χ0v) is 18.0. The molecule has 0 N–H and O–H groups in total. The number of aromatic nitrogens is 3. The molecule has 32 heavy (non-hydrogen) atoms. The number of nitrogens with zero attached hydrogens (tertiary/aromatic N) is 4. The lowest BCUT2D eigenvalue weighted by molar-refractivity contribution is 0.0990. The number of amides is 1. The molecule has 0 atom stereocenters. The number of thiazole rings is 1. The van der Waals surface area contributed by atoms with Gasteiger partial charge in [0.25, 0.3) is 5.91 Å². The summed E-state index contributed by atoms with van der Waals surface area (Å²) in [5.41, 5.74) is 2.40. The van der Waals surface area contributed by atoms with E-state index in [2.05, 4.69) is 15.1 Å². The Labute approximate surface area is 187 Å². The van der Waals surface area contributed by atoms with E-state index in [0.717, 1.165) is 21.5 Å². The van der Waals surface area contributed by atoms with Crippen molar-refractivity contribution in [1.29, 1.82) is 0 Å². The van der Waals surface area contributed by atoms with Crippen LogP contribution in [-0.2, 0) is 0 Å². The molecule has 0 aliphatic rings. The van der Waals surface area contributed by atoms with E-state index in [9.17, 15) is 4.79 Å². The minimum Gasteiger partial charge on any atom is -0.494 e. The van der Waals surface area contributed by atoms with Gasteiger partial charge in [-0.25, -0.2) is 4.98 Å². The van der Waals surface area contributed by atoms with Gasteiger partial charge in [0.15, 0.2) is 16.6 Å². The van der Waals surface area contributed by atoms with Crippen molar-refractivity contribution < 1.29 is 14.1 Å². The molecule has 2 aromatic carbocycles. The third-order valence-electron chi connectivity index (χ3n) is 4.76. The van der Waals surface area contributed by atoms with Gasteiger partial charge in [-0.1, -0.05) is 28.6 Å². The van der Waals surface area contributed by atoms with E-state index in [-0.39, 0.29) is 11.6 Å². The van der Waals surface area contributed by atoms with Crippen LogP contribution in [0.25, 0.3) is 21.5 Å². The van der Waals surface area contributed by atoms with Crippen molar-refractivity contribution in [2.24, 2.45) is 0 Å². The van der Waals surface area contributed by atoms with Crippen LogP contribution in [-0.4, -0.2) is 27.6 Å². The van der Waals surface area contributed by atoms with Crippen LogP contribution in [0.15, 0.2) is 83.6 Å². The molecule has 0 spiro atoms. The van der Waals surface area contributed by atoms with E-state index < -0.39 is 0 Å². The fraction of sp³-hybridized carbons (Fsp3) is 0.0833. The molecule has 0 aliphatic carbocycles. The van der Waals surface area contributed by atoms with Crippen molar-refractivity contribution in [2.45, 2.75) is 6.92 Å². The first-order chi connectivity index (χ1) is 15.7. The smallest absolute Gasteiger partial charge is 0.286 e. The summed E-state index contributed by atoms with van der Waals surface area (Å²) in [6.45, 7) is 2.49. The lowest BCUT2D eigenvalue weighted by atomic mass is 10.2. The number of hydrogen-bond acceptors (Lipinski definition) is 7. The zero-order valence-electron chi connectivity index (χ0n) is 17.1. The normalized spacial score (nSPS) is 10.9. The number of ether oxygens (including phenoxy) is 1. The largest absolute Gasteiger partial charge is 0.494 e. The molecule has 0 saturated carbocycles. The second-order valence-corrected chi connectivity index (χ2v) is 7.86. The Bertz CT molecular complexity index is 1330. The molecular formula is C24H18N4O3S. The standard InChI is InChI=1S/C24H18N4O3S/c1-2-30-18-11-9-17(10-12-18)28(24-26-19-7-3-4-8-22(19)32-24)23(29)20-14-21(31-27-20)16-6-5-13-25-15-16/h3-15H,2H2,1H3. The van der Waals surface area contributed by atoms with Crippen LogP contribution in [0.2, 0.25) is 0 Å². The summed E-state index contributed by atoms with van der Waals surface area (Å²) in [5.74, 6) is 0.859. The Kier molecular flexibility index (Phi) is 5.35. The predicted octanol–water partition coefficient (Wildman–Crippen LogP) is 5.72. The number of pyridine rings is 1. The fourth-order valence-electron chi connectivity index (χ4n) is 3.26. The van der Waals surface area contributed by atoms with Crippen LogP contribution < -0.4 is 9.64 Å². The monoisotopic (exact) mass is 442 g/mol. The highest BCUT2D eigenvalue weighted by atomic mass is 32.1. The van der Waals surface area contributed by atoms with Gasteiger partial charge in [-0.2, -0.15) is 0 Å². The fourth-order valence-corrected chi connectivity index (χ4v) is 4.25. The number of rotatable bonds is 6. The lowest BCUT2D eigenvalue weighted by Crippen LogP contribution is -2.26. The van der Waals surface area contributed by atoms with Crippen LogP contribution in [0, 0.1) is 0 Å². The van der Waals surface area contributed by atoms with Crippen molar-refractivity contribution >= 4 is 38.3 Å². The Morgan fingerprint density at radius 1 is 1.09 bits per heavy atom. The number of carbonyl (C=O) groups is 1. The minimum absolute atomic E-state index is 0.178. The number of fused-ring (bicyclic) bond motifs is 1. The van der Waals surface area contributed by atoms with E-state index in [0.29, 0.717) is 23.2 Å². The quantitative estimate of drug-likeness (QED) is 0.334. The maximum Gasteiger partial charge on any atom is 0.286 e. The Morgan fingerprint density at radius 3 is 2.69 bits per heavy atom. The molecule has 3 aromatic heterocycles. The first-order valence-corrected chi connectivity index (χ1v) is 10.8. The summed E-state index contributed by atoms with van der Waals surface area (Å²) in [7, 11) is 0. The third kappa shape index (κ3) is 3.83. The molecule has 0 bridgehead atoms. The predicted molar refractivity (Wildman–Crippen MR) is 123 cm³/mol. The van der Waals surface area contributed by atoms with Gasteiger partial charge < -0.3 is 9.26 Å². The number of hydrogen-bond donors (Lipinski definition) is 0. The van der Waals surface area contributed by atoms with Crippen molar-refractivity contribution in [3.05, 3.63) is 84.8 Å². The summed E-state index contributed by atoms with van der Waals surface area (Å²) in [6, 6.07) is 20.4. The molecule has 5 rings (SSSR count). The van der Waals surface area contributed by atoms with E-state index in [4.69, 9.17) is 9.26 Å². The molecule has 0 unspecified atom stereocenters. The van der Waals surface area contributed by atoms with Gasteiger partial charge in [-0.3, -0.25) is 14.7 Å². The van der Waals surface area contributed by atoms with Gasteiger partial charge in [0, 0.05) is 24.0 Å². The van der Waals surface area contributed by atoms with E-state index >= 15 is 0 Å². The van der Waals surface area contributed by atoms with E-state index in [1.54, 1.807) is 29.4 Å². The Balaban J connectivity index is 1.56. The molecule has 0 saturated heterocycles. The van der Waals surface area contributed by atoms with Crippen LogP contribution >= 0.6 is 11.3 Å². The molecule has 5 aromatic rings. The van der Waals surface area contributed by atoms with Crippen molar-refractivity contribution in [3.63, 3.8) is 0 Å². The summed E-state index contributed by atoms with van der Waals surface area (Å²) < 4.78 is 12.0. The highest BCUT2D eigenvalue weighted by molar-refractivity contribution is 7.22. The molecule has 158 valence electrons. The molecule has 1 amide bonds. The van der Waals surface area contributed by atoms with Crippen LogP contribution in [0.1, 0.15) is 17.4 Å². The van der Waals surface area contributed by atoms with Crippen molar-refractivity contribution in [1.82, 2.24) is 15.1 Å². The Morgan fingerprint density at radius 2 is 1.94 bits per heavy atom. The molecular weight excluding hydrogens is 424 g/mol. The van der Waals surface area contributed by atoms with Crippen LogP contribution in [0.3, 0.4) is 0 Å². The topological polar surface area (TPSA) is 81.4 Å². The second kappa shape index (κ2) is 8.60. The highest BCUT2D eigenvalue weighted by Gasteiger charge is 2.26. The lowest BCUT2D eigenvalue weighted by Gasteiger charge is -2.19. The average Bonchev–Trinajstić information content (AvgIpc) is 3.49. The number of benzene rings is 2. The maximum absolute atomic E-state index is 13.6. The van der Waals surface area contributed by atoms with Gasteiger partial charge in [-0.15, -0.1) is 0 Å². The zero-order chi connectivity index (χ0) is 21.9. The second-order valence-electron chi connectivity index (χ2n) is 6.85. The summed E-state index contributed by atoms with van der Waals surface area (Å²) >= 11 is 1.44.